The van der Waals surface area contributed by atoms with Gasteiger partial charge in [-0.25, -0.2) is 13.8 Å². The highest BCUT2D eigenvalue weighted by Crippen LogP contribution is 2.22. The van der Waals surface area contributed by atoms with Crippen molar-refractivity contribution in [2.24, 2.45) is 0 Å². The number of alkyl halides is 2. The highest BCUT2D eigenvalue weighted by Gasteiger charge is 2.13. The van der Waals surface area contributed by atoms with E-state index in [9.17, 15) is 8.78 Å². The summed E-state index contributed by atoms with van der Waals surface area (Å²) in [5.41, 5.74) is 0. The highest BCUT2D eigenvalue weighted by molar-refractivity contribution is 6.32. The first-order valence-electron chi connectivity index (χ1n) is 4.24. The molecule has 0 fully saturated rings. The number of aromatic nitrogens is 2. The maximum Gasteiger partial charge on any atom is 0.255 e. The number of hydrogen-bond acceptors (Lipinski definition) is 4. The summed E-state index contributed by atoms with van der Waals surface area (Å²) in [7, 11) is 3.14. The predicted octanol–water partition coefficient (Wildman–Crippen LogP) is 1.87. The van der Waals surface area contributed by atoms with Gasteiger partial charge in [-0.3, -0.25) is 0 Å². The Morgan fingerprint density at radius 2 is 2.27 bits per heavy atom. The van der Waals surface area contributed by atoms with Crippen LogP contribution in [0.2, 0.25) is 5.02 Å². The van der Waals surface area contributed by atoms with Gasteiger partial charge in [-0.05, 0) is 0 Å². The summed E-state index contributed by atoms with van der Waals surface area (Å²) >= 11 is 5.79. The van der Waals surface area contributed by atoms with Gasteiger partial charge in [0.05, 0.1) is 12.7 Å². The molecule has 0 saturated heterocycles. The van der Waals surface area contributed by atoms with E-state index in [-0.39, 0.29) is 10.8 Å². The molecule has 1 rings (SSSR count). The number of anilines is 2. The van der Waals surface area contributed by atoms with Crippen molar-refractivity contribution in [3.63, 3.8) is 0 Å². The lowest BCUT2D eigenvalue weighted by Gasteiger charge is -2.18. The number of nitrogens with zero attached hydrogens (tertiary/aromatic N) is 3. The Hall–Kier alpha value is -1.17. The SMILES string of the molecule is CNc1ncc(Cl)c(N(C)CC(F)F)n1. The second-order valence-electron chi connectivity index (χ2n) is 2.89. The van der Waals surface area contributed by atoms with Gasteiger partial charge >= 0.3 is 0 Å². The van der Waals surface area contributed by atoms with E-state index in [0.717, 1.165) is 0 Å². The summed E-state index contributed by atoms with van der Waals surface area (Å²) in [6.45, 7) is -0.417. The normalized spacial score (nSPS) is 10.5. The molecular weight excluding hydrogens is 226 g/mol. The summed E-state index contributed by atoms with van der Waals surface area (Å²) in [6.07, 6.45) is -1.06. The van der Waals surface area contributed by atoms with Crippen LogP contribution in [0.4, 0.5) is 20.5 Å². The minimum atomic E-state index is -2.43. The summed E-state index contributed by atoms with van der Waals surface area (Å²) in [5.74, 6) is 0.631. The van der Waals surface area contributed by atoms with E-state index >= 15 is 0 Å². The lowest BCUT2D eigenvalue weighted by atomic mass is 10.5. The first-order valence-corrected chi connectivity index (χ1v) is 4.62. The van der Waals surface area contributed by atoms with Crippen molar-refractivity contribution in [2.75, 3.05) is 30.9 Å². The van der Waals surface area contributed by atoms with Crippen molar-refractivity contribution in [2.45, 2.75) is 6.43 Å². The molecule has 15 heavy (non-hydrogen) atoms. The van der Waals surface area contributed by atoms with Gasteiger partial charge in [0.2, 0.25) is 5.95 Å². The van der Waals surface area contributed by atoms with Gasteiger partial charge < -0.3 is 10.2 Å². The molecule has 0 atom stereocenters. The van der Waals surface area contributed by atoms with E-state index in [0.29, 0.717) is 5.95 Å². The molecule has 0 aliphatic carbocycles. The van der Waals surface area contributed by atoms with E-state index in [2.05, 4.69) is 15.3 Å². The minimum absolute atomic E-state index is 0.247. The van der Waals surface area contributed by atoms with Crippen LogP contribution in [0.25, 0.3) is 0 Å². The highest BCUT2D eigenvalue weighted by atomic mass is 35.5. The second-order valence-corrected chi connectivity index (χ2v) is 3.29. The average Bonchev–Trinajstić information content (AvgIpc) is 2.17. The molecule has 1 aromatic heterocycles. The lowest BCUT2D eigenvalue weighted by Crippen LogP contribution is -2.25. The predicted molar refractivity (Wildman–Crippen MR) is 55.9 cm³/mol. The standard InChI is InChI=1S/C8H11ClF2N4/c1-12-8-13-3-5(9)7(14-8)15(2)4-6(10)11/h3,6H,4H2,1-2H3,(H,12,13,14). The zero-order chi connectivity index (χ0) is 11.4. The Morgan fingerprint density at radius 1 is 1.60 bits per heavy atom. The van der Waals surface area contributed by atoms with Crippen LogP contribution < -0.4 is 10.2 Å². The van der Waals surface area contributed by atoms with Crippen LogP contribution in [-0.4, -0.2) is 37.0 Å². The molecule has 0 aromatic carbocycles. The molecule has 0 amide bonds. The van der Waals surface area contributed by atoms with E-state index < -0.39 is 13.0 Å². The van der Waals surface area contributed by atoms with Crippen LogP contribution in [0.5, 0.6) is 0 Å². The first kappa shape index (κ1) is 11.9. The smallest absolute Gasteiger partial charge is 0.255 e. The first-order chi connectivity index (χ1) is 7.04. The Balaban J connectivity index is 2.91. The largest absolute Gasteiger partial charge is 0.357 e. The van der Waals surface area contributed by atoms with Crippen molar-refractivity contribution in [1.82, 2.24) is 9.97 Å². The molecule has 0 aliphatic rings. The van der Waals surface area contributed by atoms with Crippen LogP contribution in [-0.2, 0) is 0 Å². The third-order valence-corrected chi connectivity index (χ3v) is 1.99. The summed E-state index contributed by atoms with van der Waals surface area (Å²) in [6, 6.07) is 0. The summed E-state index contributed by atoms with van der Waals surface area (Å²) in [5, 5.41) is 2.96. The number of nitrogens with one attached hydrogen (secondary N) is 1. The fourth-order valence-corrected chi connectivity index (χ4v) is 1.28. The molecule has 1 aromatic rings. The molecular formula is C8H11ClF2N4. The fraction of sp³-hybridized carbons (Fsp3) is 0.500. The number of hydrogen-bond donors (Lipinski definition) is 1. The Morgan fingerprint density at radius 3 is 2.80 bits per heavy atom. The molecule has 1 heterocycles. The van der Waals surface area contributed by atoms with Crippen LogP contribution in [0.1, 0.15) is 0 Å². The van der Waals surface area contributed by atoms with Crippen molar-refractivity contribution in [3.8, 4) is 0 Å². The average molecular weight is 237 g/mol. The van der Waals surface area contributed by atoms with E-state index in [1.807, 2.05) is 0 Å². The Kier molecular flexibility index (Phi) is 4.02. The Bertz CT molecular complexity index is 334. The molecule has 7 heteroatoms. The summed E-state index contributed by atoms with van der Waals surface area (Å²) in [4.78, 5) is 9.12. The quantitative estimate of drug-likeness (QED) is 0.867. The van der Waals surface area contributed by atoms with E-state index in [1.54, 1.807) is 7.05 Å². The van der Waals surface area contributed by atoms with Crippen LogP contribution in [0.3, 0.4) is 0 Å². The number of halogens is 3. The van der Waals surface area contributed by atoms with Crippen LogP contribution in [0.15, 0.2) is 6.20 Å². The van der Waals surface area contributed by atoms with E-state index in [1.165, 1.54) is 18.1 Å². The van der Waals surface area contributed by atoms with Gasteiger partial charge in [-0.2, -0.15) is 4.98 Å². The van der Waals surface area contributed by atoms with Crippen molar-refractivity contribution >= 4 is 23.4 Å². The molecule has 4 nitrogen and oxygen atoms in total. The summed E-state index contributed by atoms with van der Waals surface area (Å²) < 4.78 is 24.3. The molecule has 0 aliphatic heterocycles. The topological polar surface area (TPSA) is 41.1 Å². The molecule has 84 valence electrons. The maximum absolute atomic E-state index is 12.1. The third-order valence-electron chi connectivity index (χ3n) is 1.72. The maximum atomic E-state index is 12.1. The van der Waals surface area contributed by atoms with Gasteiger partial charge in [-0.15, -0.1) is 0 Å². The minimum Gasteiger partial charge on any atom is -0.357 e. The van der Waals surface area contributed by atoms with Crippen LogP contribution in [0, 0.1) is 0 Å². The van der Waals surface area contributed by atoms with Crippen molar-refractivity contribution in [3.05, 3.63) is 11.2 Å². The van der Waals surface area contributed by atoms with Gasteiger partial charge in [-0.1, -0.05) is 11.6 Å². The molecule has 0 unspecified atom stereocenters. The molecule has 1 N–H and O–H groups in total. The molecule has 0 spiro atoms. The molecule has 0 saturated carbocycles. The van der Waals surface area contributed by atoms with Gasteiger partial charge in [0, 0.05) is 14.1 Å². The van der Waals surface area contributed by atoms with E-state index in [4.69, 9.17) is 11.6 Å². The van der Waals surface area contributed by atoms with Crippen LogP contribution >= 0.6 is 11.6 Å². The van der Waals surface area contributed by atoms with Gasteiger partial charge in [0.25, 0.3) is 6.43 Å². The lowest BCUT2D eigenvalue weighted by molar-refractivity contribution is 0.156. The Labute approximate surface area is 91.3 Å². The zero-order valence-electron chi connectivity index (χ0n) is 8.34. The third kappa shape index (κ3) is 3.16. The number of rotatable bonds is 4. The van der Waals surface area contributed by atoms with Gasteiger partial charge in [0.1, 0.15) is 5.02 Å². The van der Waals surface area contributed by atoms with Crippen molar-refractivity contribution in [1.29, 1.82) is 0 Å². The van der Waals surface area contributed by atoms with Gasteiger partial charge in [0.15, 0.2) is 5.82 Å². The molecule has 0 radical (unpaired) electrons. The zero-order valence-corrected chi connectivity index (χ0v) is 9.09. The molecule has 0 bridgehead atoms. The fourth-order valence-electron chi connectivity index (χ4n) is 1.04. The monoisotopic (exact) mass is 236 g/mol. The van der Waals surface area contributed by atoms with Crippen molar-refractivity contribution < 1.29 is 8.78 Å². The second kappa shape index (κ2) is 5.06.